The van der Waals surface area contributed by atoms with Gasteiger partial charge in [0.25, 0.3) is 0 Å². The maximum absolute atomic E-state index is 11.6. The van der Waals surface area contributed by atoms with Crippen LogP contribution < -0.4 is 0 Å². The smallest absolute Gasteiger partial charge is 0.158 e. The topological polar surface area (TPSA) is 43.4 Å². The minimum absolute atomic E-state index is 0.0165. The van der Waals surface area contributed by atoms with Gasteiger partial charge in [0.2, 0.25) is 0 Å². The zero-order chi connectivity index (χ0) is 14.4. The van der Waals surface area contributed by atoms with Gasteiger partial charge in [0.05, 0.1) is 0 Å². The van der Waals surface area contributed by atoms with Crippen molar-refractivity contribution in [1.82, 2.24) is 0 Å². The molecule has 18 heavy (non-hydrogen) atoms. The molecule has 0 amide bonds. The maximum Gasteiger partial charge on any atom is 0.158 e. The Morgan fingerprint density at radius 1 is 1.00 bits per heavy atom. The van der Waals surface area contributed by atoms with E-state index in [1.165, 1.54) is 0 Å². The lowest BCUT2D eigenvalue weighted by atomic mass is 9.88. The number of rotatable bonds is 7. The van der Waals surface area contributed by atoms with Crippen LogP contribution in [0.5, 0.6) is 0 Å². The number of carbonyl (C=O) groups excluding carboxylic acids is 2. The minimum atomic E-state index is -0.276. The fourth-order valence-electron chi connectivity index (χ4n) is 1.54. The van der Waals surface area contributed by atoms with Gasteiger partial charge in [0.15, 0.2) is 5.78 Å². The molecule has 0 saturated carbocycles. The van der Waals surface area contributed by atoms with Crippen LogP contribution in [0, 0.1) is 10.8 Å². The van der Waals surface area contributed by atoms with E-state index in [1.807, 2.05) is 41.5 Å². The van der Waals surface area contributed by atoms with Gasteiger partial charge in [-0.25, -0.2) is 0 Å². The lowest BCUT2D eigenvalue weighted by molar-refractivity contribution is -0.127. The van der Waals surface area contributed by atoms with Crippen molar-refractivity contribution in [2.75, 3.05) is 13.2 Å². The molecule has 0 atom stereocenters. The fourth-order valence-corrected chi connectivity index (χ4v) is 1.54. The van der Waals surface area contributed by atoms with Crippen molar-refractivity contribution in [2.24, 2.45) is 10.8 Å². The van der Waals surface area contributed by atoms with E-state index in [0.717, 1.165) is 0 Å². The third kappa shape index (κ3) is 9.34. The average molecular weight is 256 g/mol. The number of carbonyl (C=O) groups is 2. The Balaban J connectivity index is 3.64. The Morgan fingerprint density at radius 3 is 2.00 bits per heavy atom. The first-order valence-corrected chi connectivity index (χ1v) is 6.65. The summed E-state index contributed by atoms with van der Waals surface area (Å²) < 4.78 is 5.30. The predicted octanol–water partition coefficient (Wildman–Crippen LogP) is 3.40. The summed E-state index contributed by atoms with van der Waals surface area (Å²) in [7, 11) is 0. The second kappa shape index (κ2) is 7.03. The molecule has 3 heteroatoms. The van der Waals surface area contributed by atoms with Crippen molar-refractivity contribution in [3.63, 3.8) is 0 Å². The first-order valence-electron chi connectivity index (χ1n) is 6.65. The second-order valence-corrected chi connectivity index (χ2v) is 7.11. The number of Topliss-reactive ketones (excluding diaryl/α,β-unsaturated/α-hetero) is 2. The van der Waals surface area contributed by atoms with Crippen LogP contribution in [0.15, 0.2) is 0 Å². The predicted molar refractivity (Wildman–Crippen MR) is 73.6 cm³/mol. The summed E-state index contributed by atoms with van der Waals surface area (Å²) >= 11 is 0. The Bertz CT molecular complexity index is 279. The molecule has 0 aliphatic carbocycles. The van der Waals surface area contributed by atoms with Crippen LogP contribution in [-0.4, -0.2) is 24.8 Å². The van der Waals surface area contributed by atoms with Gasteiger partial charge in [0.1, 0.15) is 12.4 Å². The molecule has 0 N–H and O–H groups in total. The summed E-state index contributed by atoms with van der Waals surface area (Å²) in [4.78, 5) is 23.1. The van der Waals surface area contributed by atoms with Gasteiger partial charge in [-0.15, -0.1) is 0 Å². The van der Waals surface area contributed by atoms with Crippen molar-refractivity contribution in [3.05, 3.63) is 0 Å². The third-order valence-corrected chi connectivity index (χ3v) is 2.52. The zero-order valence-corrected chi connectivity index (χ0v) is 12.8. The SMILES string of the molecule is CC(C)(C)CC(=O)COCCCC(=O)C(C)(C)C. The normalized spacial score (nSPS) is 12.6. The van der Waals surface area contributed by atoms with Crippen LogP contribution in [0.3, 0.4) is 0 Å². The molecule has 0 aliphatic rings. The second-order valence-electron chi connectivity index (χ2n) is 7.11. The fraction of sp³-hybridized carbons (Fsp3) is 0.867. The number of ketones is 2. The van der Waals surface area contributed by atoms with Crippen LogP contribution in [0.2, 0.25) is 0 Å². The molecule has 0 spiro atoms. The molecular weight excluding hydrogens is 228 g/mol. The Hall–Kier alpha value is -0.700. The summed E-state index contributed by atoms with van der Waals surface area (Å²) in [5, 5.41) is 0. The highest BCUT2D eigenvalue weighted by Crippen LogP contribution is 2.19. The summed E-state index contributed by atoms with van der Waals surface area (Å²) in [5.41, 5.74) is -0.259. The Morgan fingerprint density at radius 2 is 1.56 bits per heavy atom. The van der Waals surface area contributed by atoms with Gasteiger partial charge in [-0.1, -0.05) is 41.5 Å². The molecule has 0 radical (unpaired) electrons. The largest absolute Gasteiger partial charge is 0.374 e. The van der Waals surface area contributed by atoms with Gasteiger partial charge < -0.3 is 4.74 Å². The van der Waals surface area contributed by atoms with Crippen molar-refractivity contribution >= 4 is 11.6 Å². The first kappa shape index (κ1) is 17.3. The molecule has 3 nitrogen and oxygen atoms in total. The standard InChI is InChI=1S/C15H28O3/c1-14(2,3)10-12(16)11-18-9-7-8-13(17)15(4,5)6/h7-11H2,1-6H3. The maximum atomic E-state index is 11.6. The highest BCUT2D eigenvalue weighted by atomic mass is 16.5. The number of ether oxygens (including phenoxy) is 1. The van der Waals surface area contributed by atoms with E-state index in [1.54, 1.807) is 0 Å². The summed E-state index contributed by atoms with van der Waals surface area (Å²) in [6, 6.07) is 0. The summed E-state index contributed by atoms with van der Waals surface area (Å²) in [6.07, 6.45) is 1.75. The number of hydrogen-bond donors (Lipinski definition) is 0. The van der Waals surface area contributed by atoms with Crippen molar-refractivity contribution in [2.45, 2.75) is 60.8 Å². The quantitative estimate of drug-likeness (QED) is 0.656. The van der Waals surface area contributed by atoms with E-state index in [0.29, 0.717) is 25.9 Å². The van der Waals surface area contributed by atoms with E-state index < -0.39 is 0 Å². The van der Waals surface area contributed by atoms with Crippen LogP contribution >= 0.6 is 0 Å². The average Bonchev–Trinajstić information content (AvgIpc) is 2.12. The van der Waals surface area contributed by atoms with Crippen LogP contribution in [0.25, 0.3) is 0 Å². The minimum Gasteiger partial charge on any atom is -0.374 e. The van der Waals surface area contributed by atoms with E-state index in [9.17, 15) is 9.59 Å². The molecule has 0 bridgehead atoms. The molecule has 0 aromatic rings. The lowest BCUT2D eigenvalue weighted by Crippen LogP contribution is -2.21. The highest BCUT2D eigenvalue weighted by Gasteiger charge is 2.20. The van der Waals surface area contributed by atoms with Crippen LogP contribution in [-0.2, 0) is 14.3 Å². The molecule has 0 aromatic carbocycles. The molecule has 0 aliphatic heterocycles. The van der Waals surface area contributed by atoms with E-state index in [-0.39, 0.29) is 29.0 Å². The molecule has 0 rings (SSSR count). The van der Waals surface area contributed by atoms with Crippen LogP contribution in [0.4, 0.5) is 0 Å². The summed E-state index contributed by atoms with van der Waals surface area (Å²) in [5.74, 6) is 0.372. The Labute approximate surface area is 111 Å². The number of hydrogen-bond acceptors (Lipinski definition) is 3. The molecular formula is C15H28O3. The van der Waals surface area contributed by atoms with E-state index in [2.05, 4.69) is 0 Å². The van der Waals surface area contributed by atoms with Gasteiger partial charge in [-0.2, -0.15) is 0 Å². The molecule has 0 heterocycles. The third-order valence-electron chi connectivity index (χ3n) is 2.52. The zero-order valence-electron chi connectivity index (χ0n) is 12.8. The first-order chi connectivity index (χ1) is 8.02. The van der Waals surface area contributed by atoms with Gasteiger partial charge >= 0.3 is 0 Å². The van der Waals surface area contributed by atoms with Gasteiger partial charge in [0, 0.05) is 24.9 Å². The molecule has 0 aromatic heterocycles. The van der Waals surface area contributed by atoms with Crippen molar-refractivity contribution in [1.29, 1.82) is 0 Å². The highest BCUT2D eigenvalue weighted by molar-refractivity contribution is 5.83. The lowest BCUT2D eigenvalue weighted by Gasteiger charge is -2.17. The molecule has 0 saturated heterocycles. The van der Waals surface area contributed by atoms with E-state index >= 15 is 0 Å². The molecule has 0 unspecified atom stereocenters. The van der Waals surface area contributed by atoms with Crippen LogP contribution in [0.1, 0.15) is 60.8 Å². The van der Waals surface area contributed by atoms with E-state index in [4.69, 9.17) is 4.74 Å². The molecule has 106 valence electrons. The Kier molecular flexibility index (Phi) is 6.76. The van der Waals surface area contributed by atoms with Crippen molar-refractivity contribution in [3.8, 4) is 0 Å². The molecule has 0 fully saturated rings. The summed E-state index contributed by atoms with van der Waals surface area (Å²) in [6.45, 7) is 12.5. The monoisotopic (exact) mass is 256 g/mol. The van der Waals surface area contributed by atoms with Gasteiger partial charge in [-0.05, 0) is 11.8 Å². The van der Waals surface area contributed by atoms with Gasteiger partial charge in [-0.3, -0.25) is 9.59 Å². The van der Waals surface area contributed by atoms with Crippen molar-refractivity contribution < 1.29 is 14.3 Å².